The normalized spacial score (nSPS) is 20.2. The van der Waals surface area contributed by atoms with Crippen molar-refractivity contribution in [3.8, 4) is 0 Å². The molecule has 1 unspecified atom stereocenters. The summed E-state index contributed by atoms with van der Waals surface area (Å²) in [7, 11) is 0. The van der Waals surface area contributed by atoms with Crippen molar-refractivity contribution < 1.29 is 28.7 Å². The van der Waals surface area contributed by atoms with Gasteiger partial charge in [0, 0.05) is 44.8 Å². The molecule has 0 radical (unpaired) electrons. The molecule has 39 heavy (non-hydrogen) atoms. The first-order chi connectivity index (χ1) is 18.5. The van der Waals surface area contributed by atoms with E-state index in [9.17, 15) is 24.0 Å². The van der Waals surface area contributed by atoms with E-state index >= 15 is 0 Å². The van der Waals surface area contributed by atoms with Crippen LogP contribution in [0, 0.1) is 0 Å². The summed E-state index contributed by atoms with van der Waals surface area (Å²) < 4.78 is 5.23. The second kappa shape index (κ2) is 12.1. The van der Waals surface area contributed by atoms with Crippen molar-refractivity contribution in [3.05, 3.63) is 29.3 Å². The topological polar surface area (TPSA) is 128 Å². The summed E-state index contributed by atoms with van der Waals surface area (Å²) in [5.41, 5.74) is 1.01. The number of ether oxygens (including phenoxy) is 1. The lowest BCUT2D eigenvalue weighted by atomic mass is 10.0. The van der Waals surface area contributed by atoms with Gasteiger partial charge in [0.2, 0.25) is 11.8 Å². The molecule has 0 bridgehead atoms. The number of piperidine rings is 1. The molecule has 2 fully saturated rings. The van der Waals surface area contributed by atoms with Gasteiger partial charge in [-0.25, -0.2) is 4.79 Å². The van der Waals surface area contributed by atoms with Gasteiger partial charge in [-0.3, -0.25) is 34.3 Å². The van der Waals surface area contributed by atoms with Gasteiger partial charge in [0.05, 0.1) is 11.1 Å². The standard InChI is InChI=1S/C28H39N5O6/c1-28(2,3)39-27(38)29-12-6-4-5-7-13-31-14-16-32(17-15-31)19-8-9-20-21(18-19)26(37)33(25(20)36)22-10-11-23(34)30-24(22)35/h8-9,18,22H,4-7,10-17H2,1-3H3,(H,29,38)(H,30,34,35). The minimum atomic E-state index is -0.955. The highest BCUT2D eigenvalue weighted by atomic mass is 16.6. The first-order valence-electron chi connectivity index (χ1n) is 13.8. The predicted molar refractivity (Wildman–Crippen MR) is 144 cm³/mol. The number of carbonyl (C=O) groups is 5. The van der Waals surface area contributed by atoms with Crippen LogP contribution in [0.25, 0.3) is 0 Å². The number of benzene rings is 1. The van der Waals surface area contributed by atoms with Crippen LogP contribution in [0.2, 0.25) is 0 Å². The number of nitrogens with zero attached hydrogens (tertiary/aromatic N) is 3. The SMILES string of the molecule is CC(C)(C)OC(=O)NCCCCCCN1CCN(c2ccc3c(c2)C(=O)N(C2CCC(=O)NC2=O)C3=O)CC1. The molecule has 1 aromatic carbocycles. The Hall–Kier alpha value is -3.47. The van der Waals surface area contributed by atoms with Gasteiger partial charge in [-0.1, -0.05) is 12.8 Å². The zero-order valence-corrected chi connectivity index (χ0v) is 23.1. The maximum Gasteiger partial charge on any atom is 0.407 e. The molecule has 1 atom stereocenters. The fraction of sp³-hybridized carbons (Fsp3) is 0.607. The van der Waals surface area contributed by atoms with Crippen molar-refractivity contribution in [2.24, 2.45) is 0 Å². The largest absolute Gasteiger partial charge is 0.444 e. The number of carbonyl (C=O) groups excluding carboxylic acids is 5. The molecule has 212 valence electrons. The maximum atomic E-state index is 13.1. The summed E-state index contributed by atoms with van der Waals surface area (Å²) >= 11 is 0. The fourth-order valence-electron chi connectivity index (χ4n) is 5.20. The summed E-state index contributed by atoms with van der Waals surface area (Å²) in [5.74, 6) is -1.95. The second-order valence-electron chi connectivity index (χ2n) is 11.3. The first-order valence-corrected chi connectivity index (χ1v) is 13.8. The van der Waals surface area contributed by atoms with Gasteiger partial charge in [-0.05, 0) is 64.8 Å². The minimum Gasteiger partial charge on any atom is -0.444 e. The van der Waals surface area contributed by atoms with Gasteiger partial charge < -0.3 is 15.0 Å². The van der Waals surface area contributed by atoms with Crippen molar-refractivity contribution in [2.75, 3.05) is 44.2 Å². The van der Waals surface area contributed by atoms with E-state index in [4.69, 9.17) is 4.74 Å². The molecule has 2 saturated heterocycles. The number of piperazine rings is 1. The number of alkyl carbamates (subject to hydrolysis) is 1. The van der Waals surface area contributed by atoms with Crippen LogP contribution in [0.4, 0.5) is 10.5 Å². The summed E-state index contributed by atoms with van der Waals surface area (Å²) in [5, 5.41) is 5.02. The van der Waals surface area contributed by atoms with E-state index in [0.717, 1.165) is 69.0 Å². The fourth-order valence-corrected chi connectivity index (χ4v) is 5.20. The Morgan fingerprint density at radius 3 is 2.36 bits per heavy atom. The highest BCUT2D eigenvalue weighted by Gasteiger charge is 2.44. The van der Waals surface area contributed by atoms with E-state index in [1.54, 1.807) is 12.1 Å². The Balaban J connectivity index is 1.19. The van der Waals surface area contributed by atoms with Crippen molar-refractivity contribution >= 4 is 35.4 Å². The first kappa shape index (κ1) is 28.5. The summed E-state index contributed by atoms with van der Waals surface area (Å²) in [6.45, 7) is 10.6. The predicted octanol–water partition coefficient (Wildman–Crippen LogP) is 2.29. The van der Waals surface area contributed by atoms with E-state index in [1.165, 1.54) is 0 Å². The number of hydrogen-bond acceptors (Lipinski definition) is 8. The molecule has 0 spiro atoms. The lowest BCUT2D eigenvalue weighted by Crippen LogP contribution is -2.54. The Morgan fingerprint density at radius 1 is 0.974 bits per heavy atom. The second-order valence-corrected chi connectivity index (χ2v) is 11.3. The third-order valence-electron chi connectivity index (χ3n) is 7.23. The molecule has 11 nitrogen and oxygen atoms in total. The van der Waals surface area contributed by atoms with Crippen LogP contribution in [0.15, 0.2) is 18.2 Å². The Bertz CT molecular complexity index is 1120. The smallest absolute Gasteiger partial charge is 0.407 e. The summed E-state index contributed by atoms with van der Waals surface area (Å²) in [4.78, 5) is 67.1. The quantitative estimate of drug-likeness (QED) is 0.360. The lowest BCUT2D eigenvalue weighted by Gasteiger charge is -2.36. The van der Waals surface area contributed by atoms with Crippen LogP contribution in [0.3, 0.4) is 0 Å². The van der Waals surface area contributed by atoms with Gasteiger partial charge >= 0.3 is 6.09 Å². The maximum absolute atomic E-state index is 13.1. The van der Waals surface area contributed by atoms with Gasteiger partial charge in [-0.15, -0.1) is 0 Å². The molecule has 2 N–H and O–H groups in total. The van der Waals surface area contributed by atoms with Crippen molar-refractivity contribution in [1.82, 2.24) is 20.4 Å². The van der Waals surface area contributed by atoms with E-state index in [-0.39, 0.29) is 24.8 Å². The summed E-state index contributed by atoms with van der Waals surface area (Å²) in [6, 6.07) is 4.32. The van der Waals surface area contributed by atoms with Gasteiger partial charge in [-0.2, -0.15) is 0 Å². The lowest BCUT2D eigenvalue weighted by molar-refractivity contribution is -0.136. The van der Waals surface area contributed by atoms with Gasteiger partial charge in [0.1, 0.15) is 11.6 Å². The molecule has 0 saturated carbocycles. The average Bonchev–Trinajstić information content (AvgIpc) is 3.12. The molecule has 3 heterocycles. The monoisotopic (exact) mass is 541 g/mol. The number of fused-ring (bicyclic) bond motifs is 1. The van der Waals surface area contributed by atoms with Crippen LogP contribution in [-0.4, -0.2) is 90.4 Å². The average molecular weight is 542 g/mol. The number of nitrogens with one attached hydrogen (secondary N) is 2. The van der Waals surface area contributed by atoms with E-state index in [1.807, 2.05) is 26.8 Å². The molecule has 3 aliphatic rings. The molecular weight excluding hydrogens is 502 g/mol. The minimum absolute atomic E-state index is 0.102. The van der Waals surface area contributed by atoms with Crippen LogP contribution in [-0.2, 0) is 14.3 Å². The highest BCUT2D eigenvalue weighted by molar-refractivity contribution is 6.23. The number of anilines is 1. The van der Waals surface area contributed by atoms with E-state index in [2.05, 4.69) is 20.4 Å². The van der Waals surface area contributed by atoms with Crippen molar-refractivity contribution in [1.29, 1.82) is 0 Å². The third kappa shape index (κ3) is 7.14. The molecular formula is C28H39N5O6. The number of hydrogen-bond donors (Lipinski definition) is 2. The molecule has 3 aliphatic heterocycles. The highest BCUT2D eigenvalue weighted by Crippen LogP contribution is 2.31. The molecule has 0 aliphatic carbocycles. The Labute approximate surface area is 229 Å². The zero-order valence-electron chi connectivity index (χ0n) is 23.1. The number of unbranched alkanes of at least 4 members (excludes halogenated alkanes) is 3. The molecule has 11 heteroatoms. The van der Waals surface area contributed by atoms with Crippen LogP contribution >= 0.6 is 0 Å². The van der Waals surface area contributed by atoms with E-state index < -0.39 is 29.4 Å². The number of imide groups is 2. The molecule has 0 aromatic heterocycles. The Kier molecular flexibility index (Phi) is 8.89. The summed E-state index contributed by atoms with van der Waals surface area (Å²) in [6.07, 6.45) is 4.05. The number of amides is 5. The third-order valence-corrected chi connectivity index (χ3v) is 7.23. The number of rotatable bonds is 9. The Morgan fingerprint density at radius 2 is 1.67 bits per heavy atom. The van der Waals surface area contributed by atoms with Crippen LogP contribution < -0.4 is 15.5 Å². The van der Waals surface area contributed by atoms with Crippen molar-refractivity contribution in [3.63, 3.8) is 0 Å². The van der Waals surface area contributed by atoms with Crippen molar-refractivity contribution in [2.45, 2.75) is 70.9 Å². The van der Waals surface area contributed by atoms with Gasteiger partial charge in [0.15, 0.2) is 0 Å². The molecule has 1 aromatic rings. The van der Waals surface area contributed by atoms with Crippen LogP contribution in [0.1, 0.15) is 80.0 Å². The van der Waals surface area contributed by atoms with Crippen LogP contribution in [0.5, 0.6) is 0 Å². The van der Waals surface area contributed by atoms with Gasteiger partial charge in [0.25, 0.3) is 11.8 Å². The van der Waals surface area contributed by atoms with E-state index in [0.29, 0.717) is 17.7 Å². The zero-order chi connectivity index (χ0) is 28.2. The molecule has 5 amide bonds. The molecule has 4 rings (SSSR count).